The highest BCUT2D eigenvalue weighted by molar-refractivity contribution is 6.60. The Bertz CT molecular complexity index is 1290. The Hall–Kier alpha value is -3.21. The van der Waals surface area contributed by atoms with Crippen molar-refractivity contribution < 1.29 is 4.79 Å². The van der Waals surface area contributed by atoms with Crippen molar-refractivity contribution in [1.82, 2.24) is 14.5 Å². The van der Waals surface area contributed by atoms with Gasteiger partial charge in [-0.1, -0.05) is 39.5 Å². The molecule has 30 heavy (non-hydrogen) atoms. The van der Waals surface area contributed by atoms with Crippen LogP contribution in [0.2, 0.25) is 0 Å². The third-order valence-electron chi connectivity index (χ3n) is 6.30. The van der Waals surface area contributed by atoms with E-state index in [1.807, 2.05) is 45.6 Å². The topological polar surface area (TPSA) is 59.8 Å². The number of fused-ring (bicyclic) bond motifs is 1. The molecule has 0 aliphatic heterocycles. The van der Waals surface area contributed by atoms with Crippen LogP contribution in [-0.2, 0) is 7.05 Å². The van der Waals surface area contributed by atoms with E-state index in [9.17, 15) is 4.79 Å². The first-order valence-electron chi connectivity index (χ1n) is 10.0. The molecule has 0 saturated heterocycles. The molecular weight excluding hydrogens is 368 g/mol. The van der Waals surface area contributed by atoms with E-state index >= 15 is 0 Å². The first kappa shape index (κ1) is 20.1. The van der Waals surface area contributed by atoms with Gasteiger partial charge in [0.15, 0.2) is 0 Å². The molecule has 2 aromatic carbocycles. The summed E-state index contributed by atoms with van der Waals surface area (Å²) in [5.74, 6) is 0.426. The highest BCUT2D eigenvalue weighted by Crippen LogP contribution is 2.25. The summed E-state index contributed by atoms with van der Waals surface area (Å²) in [6.07, 6.45) is 5.43. The number of pyridine rings is 1. The highest BCUT2D eigenvalue weighted by Gasteiger charge is 2.18. The van der Waals surface area contributed by atoms with E-state index in [0.717, 1.165) is 49.4 Å². The van der Waals surface area contributed by atoms with Gasteiger partial charge in [-0.2, -0.15) is 0 Å². The van der Waals surface area contributed by atoms with Crippen LogP contribution < -0.4 is 27.2 Å². The lowest BCUT2D eigenvalue weighted by Gasteiger charge is -2.19. The van der Waals surface area contributed by atoms with Crippen LogP contribution in [0, 0.1) is 6.92 Å². The number of aryl methyl sites for hydroxylation is 1. The maximum atomic E-state index is 13.1. The van der Waals surface area contributed by atoms with Gasteiger partial charge in [0.05, 0.1) is 18.2 Å². The predicted molar refractivity (Wildman–Crippen MR) is 136 cm³/mol. The SMILES string of the molecule is Bc1c(B)c(C(=O)Nc2cc3cc(-c4cncn4C)ccc3cn2)c(B)c(B)c1C. The molecule has 2 aromatic heterocycles. The van der Waals surface area contributed by atoms with Crippen molar-refractivity contribution in [3.63, 3.8) is 0 Å². The van der Waals surface area contributed by atoms with Crippen molar-refractivity contribution in [3.05, 3.63) is 54.1 Å². The predicted octanol–water partition coefficient (Wildman–Crippen LogP) is -2.77. The van der Waals surface area contributed by atoms with Crippen molar-refractivity contribution in [2.45, 2.75) is 6.92 Å². The molecule has 0 bridgehead atoms. The summed E-state index contributed by atoms with van der Waals surface area (Å²) in [7, 11) is 10.1. The molecule has 4 rings (SSSR count). The summed E-state index contributed by atoms with van der Waals surface area (Å²) in [6, 6.07) is 8.12. The molecule has 144 valence electrons. The number of imidazole rings is 1. The first-order valence-corrected chi connectivity index (χ1v) is 10.0. The Labute approximate surface area is 179 Å². The molecule has 0 atom stereocenters. The number of rotatable bonds is 3. The fourth-order valence-electron chi connectivity index (χ4n) is 4.02. The van der Waals surface area contributed by atoms with E-state index in [1.165, 1.54) is 5.56 Å². The zero-order valence-electron chi connectivity index (χ0n) is 18.3. The maximum Gasteiger partial charge on any atom is 0.255 e. The Morgan fingerprint density at radius 2 is 1.67 bits per heavy atom. The van der Waals surface area contributed by atoms with E-state index in [2.05, 4.69) is 50.0 Å². The summed E-state index contributed by atoms with van der Waals surface area (Å²) in [5, 5.41) is 5.04. The fraction of sp³-hybridized carbons (Fsp3) is 0.0952. The number of benzene rings is 2. The number of nitrogens with one attached hydrogen (secondary N) is 1. The molecule has 0 saturated carbocycles. The maximum absolute atomic E-state index is 13.1. The van der Waals surface area contributed by atoms with Gasteiger partial charge in [-0.25, -0.2) is 9.97 Å². The number of carbonyl (C=O) groups is 1. The monoisotopic (exact) mass is 390 g/mol. The average molecular weight is 390 g/mol. The minimum absolute atomic E-state index is 0.120. The minimum Gasteiger partial charge on any atom is -0.334 e. The summed E-state index contributed by atoms with van der Waals surface area (Å²) >= 11 is 0. The molecule has 1 amide bonds. The number of hydrogen-bond acceptors (Lipinski definition) is 3. The van der Waals surface area contributed by atoms with Gasteiger partial charge in [-0.05, 0) is 24.4 Å². The van der Waals surface area contributed by atoms with Crippen LogP contribution in [0.4, 0.5) is 5.82 Å². The zero-order valence-corrected chi connectivity index (χ0v) is 18.3. The van der Waals surface area contributed by atoms with Crippen LogP contribution in [-0.4, -0.2) is 51.8 Å². The fourth-order valence-corrected chi connectivity index (χ4v) is 4.02. The zero-order chi connectivity index (χ0) is 21.6. The molecule has 0 unspecified atom stereocenters. The van der Waals surface area contributed by atoms with E-state index < -0.39 is 0 Å². The van der Waals surface area contributed by atoms with Gasteiger partial charge >= 0.3 is 0 Å². The smallest absolute Gasteiger partial charge is 0.255 e. The second-order valence-electron chi connectivity index (χ2n) is 7.98. The second kappa shape index (κ2) is 7.56. The van der Waals surface area contributed by atoms with Gasteiger partial charge in [0, 0.05) is 29.8 Å². The molecule has 0 fully saturated rings. The largest absolute Gasteiger partial charge is 0.334 e. The van der Waals surface area contributed by atoms with Gasteiger partial charge < -0.3 is 9.88 Å². The highest BCUT2D eigenvalue weighted by atomic mass is 16.1. The Kier molecular flexibility index (Phi) is 5.06. The van der Waals surface area contributed by atoms with Gasteiger partial charge in [0.1, 0.15) is 37.2 Å². The summed E-state index contributed by atoms with van der Waals surface area (Å²) in [5.41, 5.74) is 8.46. The second-order valence-corrected chi connectivity index (χ2v) is 7.98. The minimum atomic E-state index is -0.120. The molecule has 4 aromatic rings. The molecule has 0 aliphatic rings. The quantitative estimate of drug-likeness (QED) is 0.386. The van der Waals surface area contributed by atoms with Crippen LogP contribution in [0.15, 0.2) is 43.0 Å². The standard InChI is InChI=1S/C21H22B4N4O/c1-10-17(22)19(24)16(20(25)18(10)23)21(30)28-15-6-13-5-11(3-4-12(13)7-27-15)14-8-26-9-29(14)2/h3-9H,22-25H2,1-2H3,(H,27,28,30). The molecule has 5 nitrogen and oxygen atoms in total. The molecule has 0 radical (unpaired) electrons. The first-order chi connectivity index (χ1) is 14.3. The summed E-state index contributed by atoms with van der Waals surface area (Å²) < 4.78 is 1.98. The molecule has 2 heterocycles. The Balaban J connectivity index is 1.71. The van der Waals surface area contributed by atoms with Crippen molar-refractivity contribution >= 4 is 75.7 Å². The number of aromatic nitrogens is 3. The average Bonchev–Trinajstić information content (AvgIpc) is 3.16. The molecule has 1 N–H and O–H groups in total. The van der Waals surface area contributed by atoms with Crippen molar-refractivity contribution in [1.29, 1.82) is 0 Å². The van der Waals surface area contributed by atoms with E-state index in [1.54, 1.807) is 12.5 Å². The lowest BCUT2D eigenvalue weighted by Crippen LogP contribution is -2.49. The van der Waals surface area contributed by atoms with Crippen molar-refractivity contribution in [2.75, 3.05) is 5.32 Å². The van der Waals surface area contributed by atoms with Crippen LogP contribution in [0.1, 0.15) is 15.9 Å². The van der Waals surface area contributed by atoms with Gasteiger partial charge in [-0.15, -0.1) is 0 Å². The molecule has 0 spiro atoms. The molecule has 9 heteroatoms. The molecule has 0 aliphatic carbocycles. The number of anilines is 1. The van der Waals surface area contributed by atoms with Gasteiger partial charge in [0.2, 0.25) is 0 Å². The number of carbonyl (C=O) groups excluding carboxylic acids is 1. The lowest BCUT2D eigenvalue weighted by molar-refractivity contribution is 0.102. The van der Waals surface area contributed by atoms with Crippen molar-refractivity contribution in [2.24, 2.45) is 7.05 Å². The number of amides is 1. The number of hydrogen-bond donors (Lipinski definition) is 1. The van der Waals surface area contributed by atoms with E-state index in [-0.39, 0.29) is 5.91 Å². The lowest BCUT2D eigenvalue weighted by atomic mass is 9.64. The van der Waals surface area contributed by atoms with Crippen LogP contribution in [0.25, 0.3) is 22.0 Å². The summed E-state index contributed by atoms with van der Waals surface area (Å²) in [4.78, 5) is 21.8. The van der Waals surface area contributed by atoms with Crippen molar-refractivity contribution in [3.8, 4) is 11.3 Å². The third kappa shape index (κ3) is 3.34. The van der Waals surface area contributed by atoms with Gasteiger partial charge in [0.25, 0.3) is 5.91 Å². The van der Waals surface area contributed by atoms with Crippen LogP contribution >= 0.6 is 0 Å². The third-order valence-corrected chi connectivity index (χ3v) is 6.30. The molecular formula is C21H22B4N4O. The van der Waals surface area contributed by atoms with E-state index in [4.69, 9.17) is 0 Å². The van der Waals surface area contributed by atoms with Crippen LogP contribution in [0.3, 0.4) is 0 Å². The Morgan fingerprint density at radius 3 is 2.30 bits per heavy atom. The van der Waals surface area contributed by atoms with Crippen LogP contribution in [0.5, 0.6) is 0 Å². The van der Waals surface area contributed by atoms with Gasteiger partial charge in [-0.3, -0.25) is 4.79 Å². The number of nitrogens with zero attached hydrogens (tertiary/aromatic N) is 3. The van der Waals surface area contributed by atoms with E-state index in [0.29, 0.717) is 5.82 Å². The summed E-state index contributed by atoms with van der Waals surface area (Å²) in [6.45, 7) is 2.11. The Morgan fingerprint density at radius 1 is 0.967 bits per heavy atom. The normalized spacial score (nSPS) is 11.0.